The van der Waals surface area contributed by atoms with Gasteiger partial charge in [-0.1, -0.05) is 200 Å². The molecule has 1 aliphatic carbocycles. The zero-order valence-corrected chi connectivity index (χ0v) is 31.8. The van der Waals surface area contributed by atoms with Crippen LogP contribution in [0.25, 0.3) is 82.4 Å². The molecule has 11 aromatic rings. The van der Waals surface area contributed by atoms with E-state index in [4.69, 9.17) is 0 Å². The Balaban J connectivity index is 1.25. The molecule has 1 aromatic heterocycles. The zero-order valence-electron chi connectivity index (χ0n) is 31.8. The molecule has 1 nitrogen and oxygen atoms in total. The van der Waals surface area contributed by atoms with Crippen molar-refractivity contribution in [2.24, 2.45) is 0 Å². The van der Waals surface area contributed by atoms with Crippen molar-refractivity contribution in [1.29, 1.82) is 0 Å². The quantitative estimate of drug-likeness (QED) is 0.155. The Kier molecular flexibility index (Phi) is 7.21. The maximum absolute atomic E-state index is 2.53. The number of hydrogen-bond acceptors (Lipinski definition) is 0. The molecule has 0 unspecified atom stereocenters. The summed E-state index contributed by atoms with van der Waals surface area (Å²) in [5.74, 6) is 0. The van der Waals surface area contributed by atoms with E-state index >= 15 is 0 Å². The Labute approximate surface area is 337 Å². The fourth-order valence-electron chi connectivity index (χ4n) is 10.4. The van der Waals surface area contributed by atoms with Crippen molar-refractivity contribution in [3.05, 3.63) is 247 Å². The molecule has 12 rings (SSSR count). The third-order valence-electron chi connectivity index (χ3n) is 12.6. The molecule has 58 heavy (non-hydrogen) atoms. The molecule has 0 bridgehead atoms. The first-order chi connectivity index (χ1) is 28.8. The van der Waals surface area contributed by atoms with Crippen LogP contribution in [0.15, 0.2) is 224 Å². The van der Waals surface area contributed by atoms with Gasteiger partial charge in [0.05, 0.1) is 16.4 Å². The van der Waals surface area contributed by atoms with Gasteiger partial charge in [0.15, 0.2) is 0 Å². The number of nitrogens with zero attached hydrogens (tertiary/aromatic N) is 1. The lowest BCUT2D eigenvalue weighted by atomic mass is 9.67. The van der Waals surface area contributed by atoms with Gasteiger partial charge in [0.25, 0.3) is 0 Å². The Morgan fingerprint density at radius 3 is 1.38 bits per heavy atom. The first kappa shape index (κ1) is 32.7. The Morgan fingerprint density at radius 2 is 0.793 bits per heavy atom. The first-order valence-electron chi connectivity index (χ1n) is 20.2. The highest BCUT2D eigenvalue weighted by molar-refractivity contribution is 6.22. The minimum absolute atomic E-state index is 0.578. The summed E-state index contributed by atoms with van der Waals surface area (Å²) in [6.07, 6.45) is 0. The lowest BCUT2D eigenvalue weighted by Crippen LogP contribution is -2.28. The van der Waals surface area contributed by atoms with E-state index in [1.165, 1.54) is 99.0 Å². The predicted octanol–water partition coefficient (Wildman–Crippen LogP) is 14.8. The van der Waals surface area contributed by atoms with Crippen molar-refractivity contribution in [3.8, 4) is 39.1 Å². The summed E-state index contributed by atoms with van der Waals surface area (Å²) in [7, 11) is 0. The smallest absolute Gasteiger partial charge is 0.0714 e. The molecule has 0 aliphatic heterocycles. The fraction of sp³-hybridized carbons (Fsp3) is 0.0175. The summed E-state index contributed by atoms with van der Waals surface area (Å²) >= 11 is 0. The summed E-state index contributed by atoms with van der Waals surface area (Å²) < 4.78 is 2.50. The topological polar surface area (TPSA) is 4.93 Å². The molecule has 1 aliphatic rings. The van der Waals surface area contributed by atoms with Crippen molar-refractivity contribution >= 4 is 43.4 Å². The second-order valence-electron chi connectivity index (χ2n) is 15.5. The largest absolute Gasteiger partial charge is 0.309 e. The third kappa shape index (κ3) is 4.53. The minimum atomic E-state index is -0.578. The van der Waals surface area contributed by atoms with Crippen LogP contribution in [0, 0.1) is 0 Å². The SMILES string of the molecule is c1ccc(-c2c3ccccc3c(-c3ccc4c(c3)C(c3ccccc3)(c3ccccc3)c3ccc5c6ccccc6n(-c6ccccc6)c5c3-4)c3ccccc23)cc1. The van der Waals surface area contributed by atoms with Gasteiger partial charge in [-0.15, -0.1) is 0 Å². The minimum Gasteiger partial charge on any atom is -0.309 e. The molecular weight excluding hydrogens is 699 g/mol. The second-order valence-corrected chi connectivity index (χ2v) is 15.5. The molecule has 0 atom stereocenters. The summed E-state index contributed by atoms with van der Waals surface area (Å²) in [6.45, 7) is 0. The number of aromatic nitrogens is 1. The number of para-hydroxylation sites is 2. The van der Waals surface area contributed by atoms with E-state index in [9.17, 15) is 0 Å². The molecular formula is C57H37N. The van der Waals surface area contributed by atoms with Gasteiger partial charge in [-0.2, -0.15) is 0 Å². The van der Waals surface area contributed by atoms with E-state index in [-0.39, 0.29) is 0 Å². The highest BCUT2D eigenvalue weighted by Crippen LogP contribution is 2.59. The predicted molar refractivity (Wildman–Crippen MR) is 244 cm³/mol. The van der Waals surface area contributed by atoms with Crippen molar-refractivity contribution in [3.63, 3.8) is 0 Å². The molecule has 0 spiro atoms. The number of hydrogen-bond donors (Lipinski definition) is 0. The number of fused-ring (bicyclic) bond motifs is 9. The van der Waals surface area contributed by atoms with Gasteiger partial charge >= 0.3 is 0 Å². The third-order valence-corrected chi connectivity index (χ3v) is 12.6. The number of rotatable bonds is 5. The van der Waals surface area contributed by atoms with E-state index < -0.39 is 5.41 Å². The van der Waals surface area contributed by atoms with Crippen molar-refractivity contribution in [2.45, 2.75) is 5.41 Å². The van der Waals surface area contributed by atoms with Crippen LogP contribution >= 0.6 is 0 Å². The van der Waals surface area contributed by atoms with Crippen LogP contribution in [0.3, 0.4) is 0 Å². The molecule has 0 saturated carbocycles. The van der Waals surface area contributed by atoms with Crippen molar-refractivity contribution in [2.75, 3.05) is 0 Å². The highest BCUT2D eigenvalue weighted by Gasteiger charge is 2.47. The van der Waals surface area contributed by atoms with Gasteiger partial charge < -0.3 is 4.57 Å². The summed E-state index contributed by atoms with van der Waals surface area (Å²) in [4.78, 5) is 0. The van der Waals surface area contributed by atoms with E-state index in [0.717, 1.165) is 5.69 Å². The Hall–Kier alpha value is -7.48. The van der Waals surface area contributed by atoms with Crippen LogP contribution in [-0.2, 0) is 5.41 Å². The average molecular weight is 736 g/mol. The van der Waals surface area contributed by atoms with Gasteiger partial charge in [0.1, 0.15) is 0 Å². The van der Waals surface area contributed by atoms with E-state index in [1.807, 2.05) is 0 Å². The first-order valence-corrected chi connectivity index (χ1v) is 20.2. The standard InChI is InChI=1S/C57H37N/c1-5-19-38(20-6-1)53-44-28-13-15-30-46(44)54(47-31-16-14-29-45(47)53)39-33-34-49-51(37-39)57(40-21-7-2-8-22-40,41-23-9-3-10-24-41)50-36-35-48-43-27-17-18-32-52(43)58(56(48)55(49)50)42-25-11-4-12-26-42/h1-37H. The normalized spacial score (nSPS) is 13.0. The molecule has 0 amide bonds. The maximum atomic E-state index is 2.53. The summed E-state index contributed by atoms with van der Waals surface area (Å²) in [6, 6.07) is 83.1. The van der Waals surface area contributed by atoms with Gasteiger partial charge in [0, 0.05) is 22.0 Å². The molecule has 0 radical (unpaired) electrons. The number of benzene rings is 10. The zero-order chi connectivity index (χ0) is 38.2. The second kappa shape index (κ2) is 12.8. The maximum Gasteiger partial charge on any atom is 0.0714 e. The van der Waals surface area contributed by atoms with Gasteiger partial charge in [-0.05, 0) is 95.9 Å². The van der Waals surface area contributed by atoms with Crippen LogP contribution in [-0.4, -0.2) is 4.57 Å². The van der Waals surface area contributed by atoms with Crippen molar-refractivity contribution < 1.29 is 0 Å². The van der Waals surface area contributed by atoms with E-state index in [0.29, 0.717) is 0 Å². The Bertz CT molecular complexity index is 3260. The molecule has 10 aromatic carbocycles. The summed E-state index contributed by atoms with van der Waals surface area (Å²) in [5, 5.41) is 7.56. The molecule has 270 valence electrons. The van der Waals surface area contributed by atoms with Gasteiger partial charge in [-0.25, -0.2) is 0 Å². The fourth-order valence-corrected chi connectivity index (χ4v) is 10.4. The lowest BCUT2D eigenvalue weighted by Gasteiger charge is -2.34. The molecule has 1 heterocycles. The van der Waals surface area contributed by atoms with Crippen molar-refractivity contribution in [1.82, 2.24) is 4.57 Å². The van der Waals surface area contributed by atoms with Crippen LogP contribution < -0.4 is 0 Å². The molecule has 0 fully saturated rings. The van der Waals surface area contributed by atoms with Crippen LogP contribution in [0.1, 0.15) is 22.3 Å². The van der Waals surface area contributed by atoms with E-state index in [1.54, 1.807) is 0 Å². The van der Waals surface area contributed by atoms with E-state index in [2.05, 4.69) is 229 Å². The highest BCUT2D eigenvalue weighted by atomic mass is 15.0. The monoisotopic (exact) mass is 735 g/mol. The Morgan fingerprint density at radius 1 is 0.310 bits per heavy atom. The molecule has 0 saturated heterocycles. The lowest BCUT2D eigenvalue weighted by molar-refractivity contribution is 0.769. The van der Waals surface area contributed by atoms with Gasteiger partial charge in [-0.3, -0.25) is 0 Å². The average Bonchev–Trinajstić information content (AvgIpc) is 3.80. The molecule has 1 heteroatoms. The molecule has 0 N–H and O–H groups in total. The summed E-state index contributed by atoms with van der Waals surface area (Å²) in [5.41, 5.74) is 15.7. The van der Waals surface area contributed by atoms with Crippen LogP contribution in [0.5, 0.6) is 0 Å². The van der Waals surface area contributed by atoms with Crippen LogP contribution in [0.4, 0.5) is 0 Å². The van der Waals surface area contributed by atoms with Gasteiger partial charge in [0.2, 0.25) is 0 Å². The van der Waals surface area contributed by atoms with Crippen LogP contribution in [0.2, 0.25) is 0 Å².